The van der Waals surface area contributed by atoms with Crippen molar-refractivity contribution in [2.45, 2.75) is 18.3 Å². The second-order valence-corrected chi connectivity index (χ2v) is 3.81. The van der Waals surface area contributed by atoms with Crippen molar-refractivity contribution in [2.75, 3.05) is 0 Å². The van der Waals surface area contributed by atoms with Crippen LogP contribution in [0.1, 0.15) is 13.3 Å². The third kappa shape index (κ3) is 1.95. The Bertz CT molecular complexity index is 247. The van der Waals surface area contributed by atoms with Crippen LogP contribution in [-0.2, 0) is 10.1 Å². The van der Waals surface area contributed by atoms with Crippen LogP contribution >= 0.6 is 0 Å². The molecule has 0 saturated heterocycles. The fraction of sp³-hybridized carbons (Fsp3) is 0.750. The van der Waals surface area contributed by atoms with E-state index in [1.165, 1.54) is 6.07 Å². The molecule has 1 atom stereocenters. The highest BCUT2D eigenvalue weighted by atomic mass is 32.2. The van der Waals surface area contributed by atoms with Crippen LogP contribution in [0.15, 0.2) is 0 Å². The van der Waals surface area contributed by atoms with Gasteiger partial charge in [0.2, 0.25) is 4.93 Å². The summed E-state index contributed by atoms with van der Waals surface area (Å²) in [7, 11) is -4.53. The van der Waals surface area contributed by atoms with Gasteiger partial charge in [-0.15, -0.1) is 0 Å². The number of aliphatic hydroxyl groups is 1. The summed E-state index contributed by atoms with van der Waals surface area (Å²) in [5.74, 6) is 0. The molecule has 0 rings (SSSR count). The lowest BCUT2D eigenvalue weighted by atomic mass is 10.3. The molecular weight excluding hydrogens is 158 g/mol. The maximum absolute atomic E-state index is 10.2. The molecule has 2 N–H and O–H groups in total. The average molecular weight is 165 g/mol. The van der Waals surface area contributed by atoms with Crippen molar-refractivity contribution in [1.82, 2.24) is 0 Å². The van der Waals surface area contributed by atoms with E-state index < -0.39 is 21.5 Å². The molecule has 0 aromatic rings. The first-order valence-electron chi connectivity index (χ1n) is 2.37. The van der Waals surface area contributed by atoms with Gasteiger partial charge in [-0.05, 0) is 6.92 Å². The van der Waals surface area contributed by atoms with Crippen molar-refractivity contribution in [3.05, 3.63) is 0 Å². The van der Waals surface area contributed by atoms with E-state index in [0.29, 0.717) is 0 Å². The Hall–Kier alpha value is -0.640. The zero-order chi connectivity index (χ0) is 8.41. The maximum atomic E-state index is 10.2. The molecule has 0 amide bonds. The molecule has 0 bridgehead atoms. The van der Waals surface area contributed by atoms with E-state index in [1.54, 1.807) is 0 Å². The lowest BCUT2D eigenvalue weighted by Crippen LogP contribution is -2.33. The van der Waals surface area contributed by atoms with Crippen LogP contribution in [0.3, 0.4) is 0 Å². The fourth-order valence-corrected chi connectivity index (χ4v) is 0.485. The molecule has 0 aliphatic carbocycles. The van der Waals surface area contributed by atoms with Crippen molar-refractivity contribution < 1.29 is 18.1 Å². The van der Waals surface area contributed by atoms with Crippen LogP contribution in [0.25, 0.3) is 0 Å². The van der Waals surface area contributed by atoms with Gasteiger partial charge in [-0.1, -0.05) is 0 Å². The number of nitriles is 1. The minimum absolute atomic E-state index is 0.647. The molecule has 10 heavy (non-hydrogen) atoms. The number of rotatable bonds is 2. The summed E-state index contributed by atoms with van der Waals surface area (Å²) in [6, 6.07) is 1.43. The monoisotopic (exact) mass is 165 g/mol. The molecular formula is C4H7NO4S. The third-order valence-electron chi connectivity index (χ3n) is 0.963. The van der Waals surface area contributed by atoms with Gasteiger partial charge in [-0.25, -0.2) is 0 Å². The fourth-order valence-electron chi connectivity index (χ4n) is 0.238. The van der Waals surface area contributed by atoms with Gasteiger partial charge in [0.1, 0.15) is 0 Å². The van der Waals surface area contributed by atoms with E-state index in [9.17, 15) is 8.42 Å². The minimum Gasteiger partial charge on any atom is -0.372 e. The Labute approximate surface area is 58.6 Å². The smallest absolute Gasteiger partial charge is 0.295 e. The first-order chi connectivity index (χ1) is 4.31. The summed E-state index contributed by atoms with van der Waals surface area (Å²) < 4.78 is 28.6. The van der Waals surface area contributed by atoms with Crippen LogP contribution in [0.2, 0.25) is 0 Å². The van der Waals surface area contributed by atoms with Gasteiger partial charge < -0.3 is 5.11 Å². The lowest BCUT2D eigenvalue weighted by molar-refractivity contribution is 0.137. The van der Waals surface area contributed by atoms with Gasteiger partial charge in [0.25, 0.3) is 10.1 Å². The SMILES string of the molecule is CC(O)(CC#N)S(=O)(=O)O. The molecule has 58 valence electrons. The molecule has 1 unspecified atom stereocenters. The van der Waals surface area contributed by atoms with Crippen molar-refractivity contribution in [3.63, 3.8) is 0 Å². The molecule has 0 aromatic carbocycles. The molecule has 0 spiro atoms. The predicted octanol–water partition coefficient (Wildman–Crippen LogP) is -0.504. The van der Waals surface area contributed by atoms with Gasteiger partial charge in [0.15, 0.2) is 0 Å². The molecule has 0 radical (unpaired) electrons. The molecule has 0 heterocycles. The van der Waals surface area contributed by atoms with Crippen molar-refractivity contribution in [3.8, 4) is 6.07 Å². The molecule has 0 fully saturated rings. The molecule has 5 nitrogen and oxygen atoms in total. The summed E-state index contributed by atoms with van der Waals surface area (Å²) in [6.07, 6.45) is -0.647. The number of hydrogen-bond donors (Lipinski definition) is 2. The van der Waals surface area contributed by atoms with E-state index in [0.717, 1.165) is 6.92 Å². The van der Waals surface area contributed by atoms with Crippen LogP contribution in [-0.4, -0.2) is 23.0 Å². The average Bonchev–Trinajstić information content (AvgIpc) is 1.61. The van der Waals surface area contributed by atoms with E-state index in [4.69, 9.17) is 14.9 Å². The Morgan fingerprint density at radius 3 is 2.20 bits per heavy atom. The zero-order valence-electron chi connectivity index (χ0n) is 5.27. The highest BCUT2D eigenvalue weighted by Crippen LogP contribution is 2.14. The number of nitrogens with zero attached hydrogens (tertiary/aromatic N) is 1. The normalized spacial score (nSPS) is 17.4. The quantitative estimate of drug-likeness (QED) is 0.537. The van der Waals surface area contributed by atoms with E-state index in [2.05, 4.69) is 0 Å². The van der Waals surface area contributed by atoms with Crippen LogP contribution in [0.5, 0.6) is 0 Å². The topological polar surface area (TPSA) is 98.4 Å². The lowest BCUT2D eigenvalue weighted by Gasteiger charge is -2.14. The first kappa shape index (κ1) is 9.36. The van der Waals surface area contributed by atoms with Crippen LogP contribution in [0.4, 0.5) is 0 Å². The molecule has 0 aliphatic rings. The van der Waals surface area contributed by atoms with Gasteiger partial charge in [0.05, 0.1) is 12.5 Å². The Kier molecular flexibility index (Phi) is 2.37. The van der Waals surface area contributed by atoms with E-state index in [-0.39, 0.29) is 0 Å². The summed E-state index contributed by atoms with van der Waals surface area (Å²) >= 11 is 0. The summed E-state index contributed by atoms with van der Waals surface area (Å²) in [6.45, 7) is 0.853. The van der Waals surface area contributed by atoms with Gasteiger partial charge in [-0.2, -0.15) is 13.7 Å². The van der Waals surface area contributed by atoms with Crippen molar-refractivity contribution >= 4 is 10.1 Å². The molecule has 0 aromatic heterocycles. The van der Waals surface area contributed by atoms with Crippen LogP contribution < -0.4 is 0 Å². The van der Waals surface area contributed by atoms with Crippen molar-refractivity contribution in [1.29, 1.82) is 5.26 Å². The largest absolute Gasteiger partial charge is 0.372 e. The van der Waals surface area contributed by atoms with E-state index in [1.807, 2.05) is 0 Å². The highest BCUT2D eigenvalue weighted by molar-refractivity contribution is 7.87. The predicted molar refractivity (Wildman–Crippen MR) is 32.4 cm³/mol. The van der Waals surface area contributed by atoms with Gasteiger partial charge >= 0.3 is 0 Å². The van der Waals surface area contributed by atoms with Gasteiger partial charge in [-0.3, -0.25) is 4.55 Å². The van der Waals surface area contributed by atoms with E-state index >= 15 is 0 Å². The summed E-state index contributed by atoms with van der Waals surface area (Å²) in [5.41, 5.74) is 0. The molecule has 0 saturated carbocycles. The standard InChI is InChI=1S/C4H7NO4S/c1-4(6,2-3-5)10(7,8)9/h6H,2H2,1H3,(H,7,8,9). The second kappa shape index (κ2) is 2.54. The second-order valence-electron chi connectivity index (χ2n) is 1.98. The molecule has 0 aliphatic heterocycles. The highest BCUT2D eigenvalue weighted by Gasteiger charge is 2.34. The maximum Gasteiger partial charge on any atom is 0.295 e. The Morgan fingerprint density at radius 2 is 2.10 bits per heavy atom. The van der Waals surface area contributed by atoms with Gasteiger partial charge in [0, 0.05) is 0 Å². The Morgan fingerprint density at radius 1 is 1.70 bits per heavy atom. The van der Waals surface area contributed by atoms with Crippen molar-refractivity contribution in [2.24, 2.45) is 0 Å². The third-order valence-corrected chi connectivity index (χ3v) is 2.22. The zero-order valence-corrected chi connectivity index (χ0v) is 6.09. The van der Waals surface area contributed by atoms with Crippen LogP contribution in [0, 0.1) is 11.3 Å². The minimum atomic E-state index is -4.53. The summed E-state index contributed by atoms with van der Waals surface area (Å²) in [4.78, 5) is -2.35. The number of hydrogen-bond acceptors (Lipinski definition) is 4. The molecule has 6 heteroatoms. The summed E-state index contributed by atoms with van der Waals surface area (Å²) in [5, 5.41) is 16.8. The Balaban J connectivity index is 4.62. The first-order valence-corrected chi connectivity index (χ1v) is 3.81.